The van der Waals surface area contributed by atoms with Gasteiger partial charge in [0, 0.05) is 5.02 Å². The Labute approximate surface area is 189 Å². The maximum Gasteiger partial charge on any atom is 0.573 e. The standard InChI is InChI=1S/C21H13Cl2F3N2O2S/c1-3-17-18(4-2)31-20(27-17)28(19(29)15-10-5-12(22)11-16(15)23)13-6-8-14(9-7-13)30-21(24,25)26/h3-11H,1-2H2. The number of hydrogen-bond acceptors (Lipinski definition) is 4. The minimum atomic E-state index is -4.83. The van der Waals surface area contributed by atoms with Gasteiger partial charge in [0.05, 0.1) is 26.8 Å². The quantitative estimate of drug-likeness (QED) is 0.361. The maximum absolute atomic E-state index is 13.4. The molecule has 0 N–H and O–H groups in total. The molecule has 1 heterocycles. The summed E-state index contributed by atoms with van der Waals surface area (Å²) < 4.78 is 41.3. The topological polar surface area (TPSA) is 42.4 Å². The lowest BCUT2D eigenvalue weighted by Gasteiger charge is -2.21. The van der Waals surface area contributed by atoms with Crippen molar-refractivity contribution in [2.45, 2.75) is 6.36 Å². The van der Waals surface area contributed by atoms with Crippen molar-refractivity contribution < 1.29 is 22.7 Å². The number of hydrogen-bond donors (Lipinski definition) is 0. The smallest absolute Gasteiger partial charge is 0.406 e. The second-order valence-electron chi connectivity index (χ2n) is 5.96. The van der Waals surface area contributed by atoms with E-state index in [-0.39, 0.29) is 21.4 Å². The summed E-state index contributed by atoms with van der Waals surface area (Å²) in [5.74, 6) is -0.975. The molecule has 0 aliphatic carbocycles. The number of nitrogens with zero attached hydrogens (tertiary/aromatic N) is 2. The normalized spacial score (nSPS) is 11.1. The van der Waals surface area contributed by atoms with E-state index < -0.39 is 18.0 Å². The van der Waals surface area contributed by atoms with E-state index in [0.29, 0.717) is 15.6 Å². The van der Waals surface area contributed by atoms with Crippen LogP contribution in [-0.2, 0) is 0 Å². The van der Waals surface area contributed by atoms with Crippen LogP contribution in [0.3, 0.4) is 0 Å². The van der Waals surface area contributed by atoms with Crippen LogP contribution in [0.4, 0.5) is 24.0 Å². The Balaban J connectivity index is 2.10. The Kier molecular flexibility index (Phi) is 6.74. The van der Waals surface area contributed by atoms with E-state index in [0.717, 1.165) is 23.5 Å². The lowest BCUT2D eigenvalue weighted by atomic mass is 10.2. The number of alkyl halides is 3. The molecule has 31 heavy (non-hydrogen) atoms. The van der Waals surface area contributed by atoms with Gasteiger partial charge in [-0.3, -0.25) is 9.69 Å². The van der Waals surface area contributed by atoms with Crippen molar-refractivity contribution >= 4 is 63.4 Å². The van der Waals surface area contributed by atoms with Crippen molar-refractivity contribution in [3.8, 4) is 5.75 Å². The first-order valence-electron chi connectivity index (χ1n) is 8.54. The second-order valence-corrected chi connectivity index (χ2v) is 7.81. The number of ether oxygens (including phenoxy) is 1. The van der Waals surface area contributed by atoms with Gasteiger partial charge in [-0.15, -0.1) is 13.2 Å². The number of anilines is 2. The zero-order chi connectivity index (χ0) is 22.8. The fourth-order valence-electron chi connectivity index (χ4n) is 2.61. The van der Waals surface area contributed by atoms with Crippen molar-refractivity contribution in [1.82, 2.24) is 4.98 Å². The summed E-state index contributed by atoms with van der Waals surface area (Å²) in [6.07, 6.45) is -1.76. The van der Waals surface area contributed by atoms with Crippen molar-refractivity contribution in [1.29, 1.82) is 0 Å². The van der Waals surface area contributed by atoms with Crippen LogP contribution >= 0.6 is 34.5 Å². The number of carbonyl (C=O) groups is 1. The molecule has 3 aromatic rings. The van der Waals surface area contributed by atoms with E-state index in [1.165, 1.54) is 41.3 Å². The van der Waals surface area contributed by atoms with Crippen molar-refractivity contribution in [3.63, 3.8) is 0 Å². The lowest BCUT2D eigenvalue weighted by molar-refractivity contribution is -0.274. The summed E-state index contributed by atoms with van der Waals surface area (Å²) in [7, 11) is 0. The molecule has 1 aromatic heterocycles. The van der Waals surface area contributed by atoms with Crippen molar-refractivity contribution in [2.75, 3.05) is 4.90 Å². The number of carbonyl (C=O) groups excluding carboxylic acids is 1. The Morgan fingerprint density at radius 3 is 2.29 bits per heavy atom. The summed E-state index contributed by atoms with van der Waals surface area (Å²) in [5, 5.41) is 0.716. The molecular weight excluding hydrogens is 472 g/mol. The average Bonchev–Trinajstić information content (AvgIpc) is 3.11. The van der Waals surface area contributed by atoms with Gasteiger partial charge in [0.15, 0.2) is 5.13 Å². The molecule has 0 atom stereocenters. The molecule has 160 valence electrons. The highest BCUT2D eigenvalue weighted by Gasteiger charge is 2.31. The van der Waals surface area contributed by atoms with Crippen LogP contribution in [-0.4, -0.2) is 17.3 Å². The third-order valence-corrected chi connectivity index (χ3v) is 5.53. The van der Waals surface area contributed by atoms with E-state index in [1.807, 2.05) is 0 Å². The minimum Gasteiger partial charge on any atom is -0.406 e. The van der Waals surface area contributed by atoms with Crippen LogP contribution in [0.1, 0.15) is 20.9 Å². The van der Waals surface area contributed by atoms with Gasteiger partial charge >= 0.3 is 6.36 Å². The molecule has 0 radical (unpaired) electrons. The molecule has 4 nitrogen and oxygen atoms in total. The zero-order valence-corrected chi connectivity index (χ0v) is 17.9. The Hall–Kier alpha value is -2.81. The van der Waals surface area contributed by atoms with Crippen LogP contribution in [0, 0.1) is 0 Å². The van der Waals surface area contributed by atoms with Crippen molar-refractivity contribution in [2.24, 2.45) is 0 Å². The summed E-state index contributed by atoms with van der Waals surface area (Å²) in [5.41, 5.74) is 0.898. The number of amides is 1. The number of thiazole rings is 1. The molecule has 0 fully saturated rings. The van der Waals surface area contributed by atoms with Gasteiger partial charge in [-0.2, -0.15) is 0 Å². The fourth-order valence-corrected chi connectivity index (χ4v) is 4.04. The Bertz CT molecular complexity index is 1120. The van der Waals surface area contributed by atoms with Crippen LogP contribution in [0.2, 0.25) is 10.0 Å². The second kappa shape index (κ2) is 9.13. The number of rotatable bonds is 6. The SMILES string of the molecule is C=Cc1nc(N(C(=O)c2ccc(Cl)cc2Cl)c2ccc(OC(F)(F)F)cc2)sc1C=C. The molecule has 0 unspecified atom stereocenters. The molecule has 1 amide bonds. The molecule has 0 spiro atoms. The average molecular weight is 485 g/mol. The maximum atomic E-state index is 13.4. The van der Waals surface area contributed by atoms with Crippen LogP contribution < -0.4 is 9.64 Å². The van der Waals surface area contributed by atoms with Gasteiger partial charge in [0.1, 0.15) is 5.75 Å². The van der Waals surface area contributed by atoms with Crippen LogP contribution in [0.5, 0.6) is 5.75 Å². The summed E-state index contributed by atoms with van der Waals surface area (Å²) in [4.78, 5) is 19.7. The number of benzene rings is 2. The summed E-state index contributed by atoms with van der Waals surface area (Å²) >= 11 is 13.3. The minimum absolute atomic E-state index is 0.115. The first-order chi connectivity index (χ1) is 14.6. The molecule has 2 aromatic carbocycles. The van der Waals surface area contributed by atoms with E-state index in [1.54, 1.807) is 6.08 Å². The molecule has 0 saturated carbocycles. The van der Waals surface area contributed by atoms with Gasteiger partial charge in [-0.25, -0.2) is 4.98 Å². The van der Waals surface area contributed by atoms with Crippen molar-refractivity contribution in [3.05, 3.63) is 81.8 Å². The third-order valence-electron chi connectivity index (χ3n) is 3.93. The monoisotopic (exact) mass is 484 g/mol. The molecule has 0 bridgehead atoms. The van der Waals surface area contributed by atoms with E-state index in [9.17, 15) is 18.0 Å². The Morgan fingerprint density at radius 2 is 1.77 bits per heavy atom. The van der Waals surface area contributed by atoms with Gasteiger partial charge in [0.25, 0.3) is 5.91 Å². The summed E-state index contributed by atoms with van der Waals surface area (Å²) in [6, 6.07) is 9.20. The van der Waals surface area contributed by atoms with Gasteiger partial charge in [0.2, 0.25) is 0 Å². The van der Waals surface area contributed by atoms with E-state index in [4.69, 9.17) is 23.2 Å². The number of halogens is 5. The first-order valence-corrected chi connectivity index (χ1v) is 10.1. The van der Waals surface area contributed by atoms with E-state index in [2.05, 4.69) is 22.9 Å². The highest BCUT2D eigenvalue weighted by atomic mass is 35.5. The largest absolute Gasteiger partial charge is 0.573 e. The highest BCUT2D eigenvalue weighted by Crippen LogP contribution is 2.36. The zero-order valence-electron chi connectivity index (χ0n) is 15.6. The predicted molar refractivity (Wildman–Crippen MR) is 118 cm³/mol. The molecule has 0 aliphatic heterocycles. The highest BCUT2D eigenvalue weighted by molar-refractivity contribution is 7.17. The molecular formula is C21H13Cl2F3N2O2S. The van der Waals surface area contributed by atoms with E-state index >= 15 is 0 Å². The molecule has 0 aliphatic rings. The van der Waals surface area contributed by atoms with Gasteiger partial charge < -0.3 is 4.74 Å². The first kappa shape index (κ1) is 22.9. The fraction of sp³-hybridized carbons (Fsp3) is 0.0476. The molecule has 10 heteroatoms. The molecule has 0 saturated heterocycles. The van der Waals surface area contributed by atoms with Crippen LogP contribution in [0.25, 0.3) is 12.2 Å². The third kappa shape index (κ3) is 5.28. The predicted octanol–water partition coefficient (Wildman–Crippen LogP) is 7.61. The Morgan fingerprint density at radius 1 is 1.10 bits per heavy atom. The molecule has 3 rings (SSSR count). The lowest BCUT2D eigenvalue weighted by Crippen LogP contribution is -2.26. The number of aromatic nitrogens is 1. The van der Waals surface area contributed by atoms with Crippen LogP contribution in [0.15, 0.2) is 55.6 Å². The van der Waals surface area contributed by atoms with Gasteiger partial charge in [-0.1, -0.05) is 47.7 Å². The van der Waals surface area contributed by atoms with Gasteiger partial charge in [-0.05, 0) is 54.6 Å². The summed E-state index contributed by atoms with van der Waals surface area (Å²) in [6.45, 7) is 7.41.